The van der Waals surface area contributed by atoms with Crippen molar-refractivity contribution < 1.29 is 31.4 Å². The fraction of sp³-hybridized carbons (Fsp3) is 0.750. The molecule has 0 rings (SSSR count). The molecule has 51 valence electrons. The van der Waals surface area contributed by atoms with Crippen molar-refractivity contribution in [3.63, 3.8) is 0 Å². The monoisotopic (exact) mass is 163 g/mol. The van der Waals surface area contributed by atoms with Gasteiger partial charge in [0.2, 0.25) is 0 Å². The Kier molecular flexibility index (Phi) is 9.40. The van der Waals surface area contributed by atoms with Crippen LogP contribution in [0.2, 0.25) is 0 Å². The second kappa shape index (κ2) is 6.94. The summed E-state index contributed by atoms with van der Waals surface area (Å²) in [6, 6.07) is 0. The SMILES string of the molecule is COCCC(=O)O.[Co]. The topological polar surface area (TPSA) is 46.5 Å². The maximum atomic E-state index is 9.68. The first-order chi connectivity index (χ1) is 3.27. The van der Waals surface area contributed by atoms with E-state index in [-0.39, 0.29) is 23.2 Å². The Morgan fingerprint density at radius 2 is 2.25 bits per heavy atom. The van der Waals surface area contributed by atoms with Gasteiger partial charge in [-0.2, -0.15) is 0 Å². The zero-order valence-electron chi connectivity index (χ0n) is 4.51. The van der Waals surface area contributed by atoms with Gasteiger partial charge in [-0.1, -0.05) is 0 Å². The predicted molar refractivity (Wildman–Crippen MR) is 24.1 cm³/mol. The third-order valence-corrected chi connectivity index (χ3v) is 0.520. The zero-order valence-corrected chi connectivity index (χ0v) is 5.55. The van der Waals surface area contributed by atoms with Crippen LogP contribution in [0.15, 0.2) is 0 Å². The van der Waals surface area contributed by atoms with Crippen molar-refractivity contribution in [3.05, 3.63) is 0 Å². The van der Waals surface area contributed by atoms with E-state index >= 15 is 0 Å². The molecule has 0 saturated carbocycles. The average molecular weight is 163 g/mol. The van der Waals surface area contributed by atoms with Gasteiger partial charge in [0.25, 0.3) is 0 Å². The van der Waals surface area contributed by atoms with Gasteiger partial charge in [-0.3, -0.25) is 4.79 Å². The van der Waals surface area contributed by atoms with Crippen molar-refractivity contribution in [1.82, 2.24) is 0 Å². The fourth-order valence-corrected chi connectivity index (χ4v) is 0.189. The summed E-state index contributed by atoms with van der Waals surface area (Å²) in [4.78, 5) is 9.68. The van der Waals surface area contributed by atoms with Crippen molar-refractivity contribution in [2.45, 2.75) is 6.42 Å². The molecule has 0 fully saturated rings. The van der Waals surface area contributed by atoms with Crippen LogP contribution in [0, 0.1) is 0 Å². The molecule has 0 aliphatic carbocycles. The van der Waals surface area contributed by atoms with Crippen LogP contribution in [0.1, 0.15) is 6.42 Å². The summed E-state index contributed by atoms with van der Waals surface area (Å²) in [7, 11) is 1.48. The molecule has 0 aromatic heterocycles. The van der Waals surface area contributed by atoms with E-state index in [2.05, 4.69) is 4.74 Å². The van der Waals surface area contributed by atoms with E-state index in [1.54, 1.807) is 0 Å². The van der Waals surface area contributed by atoms with Crippen LogP contribution in [0.4, 0.5) is 0 Å². The zero-order chi connectivity index (χ0) is 5.70. The van der Waals surface area contributed by atoms with E-state index < -0.39 is 5.97 Å². The summed E-state index contributed by atoms with van der Waals surface area (Å²) in [6.45, 7) is 0.301. The number of hydrogen-bond donors (Lipinski definition) is 1. The van der Waals surface area contributed by atoms with Gasteiger partial charge in [-0.15, -0.1) is 0 Å². The standard InChI is InChI=1S/C4H8O3.Co/c1-7-3-2-4(5)6;/h2-3H2,1H3,(H,5,6);. The van der Waals surface area contributed by atoms with Gasteiger partial charge in [0.05, 0.1) is 13.0 Å². The molecule has 1 radical (unpaired) electrons. The van der Waals surface area contributed by atoms with Crippen LogP contribution in [0.5, 0.6) is 0 Å². The first-order valence-corrected chi connectivity index (χ1v) is 1.98. The molecule has 0 unspecified atom stereocenters. The third-order valence-electron chi connectivity index (χ3n) is 0.520. The summed E-state index contributed by atoms with van der Waals surface area (Å²) < 4.78 is 4.47. The van der Waals surface area contributed by atoms with Gasteiger partial charge in [0.15, 0.2) is 0 Å². The van der Waals surface area contributed by atoms with Gasteiger partial charge >= 0.3 is 5.97 Å². The van der Waals surface area contributed by atoms with Crippen LogP contribution in [-0.2, 0) is 26.3 Å². The molecular weight excluding hydrogens is 155 g/mol. The molecule has 0 aliphatic rings. The van der Waals surface area contributed by atoms with Gasteiger partial charge in [-0.25, -0.2) is 0 Å². The Bertz CT molecular complexity index is 64.3. The number of carboxylic acids is 1. The average Bonchev–Trinajstić information content (AvgIpc) is 1.61. The van der Waals surface area contributed by atoms with E-state index in [1.165, 1.54) is 7.11 Å². The van der Waals surface area contributed by atoms with Crippen molar-refractivity contribution in [1.29, 1.82) is 0 Å². The molecule has 0 aliphatic heterocycles. The van der Waals surface area contributed by atoms with Crippen molar-refractivity contribution in [3.8, 4) is 0 Å². The maximum absolute atomic E-state index is 9.68. The second-order valence-electron chi connectivity index (χ2n) is 1.14. The van der Waals surface area contributed by atoms with Gasteiger partial charge < -0.3 is 9.84 Å². The number of hydrogen-bond acceptors (Lipinski definition) is 2. The van der Waals surface area contributed by atoms with E-state index in [0.29, 0.717) is 6.61 Å². The number of aliphatic carboxylic acids is 1. The number of carboxylic acid groups (broad SMARTS) is 1. The molecule has 0 saturated heterocycles. The smallest absolute Gasteiger partial charge is 0.305 e. The first kappa shape index (κ1) is 10.8. The van der Waals surface area contributed by atoms with E-state index in [0.717, 1.165) is 0 Å². The van der Waals surface area contributed by atoms with Gasteiger partial charge in [0, 0.05) is 23.9 Å². The summed E-state index contributed by atoms with van der Waals surface area (Å²) in [5, 5.41) is 7.96. The fourth-order valence-electron chi connectivity index (χ4n) is 0.189. The molecule has 4 heteroatoms. The maximum Gasteiger partial charge on any atom is 0.305 e. The Hall–Kier alpha value is -0.0635. The molecule has 0 spiro atoms. The minimum absolute atomic E-state index is 0. The van der Waals surface area contributed by atoms with Crippen LogP contribution in [-0.4, -0.2) is 24.8 Å². The van der Waals surface area contributed by atoms with E-state index in [4.69, 9.17) is 5.11 Å². The Balaban J connectivity index is 0. The van der Waals surface area contributed by atoms with Crippen LogP contribution >= 0.6 is 0 Å². The minimum atomic E-state index is -0.818. The number of rotatable bonds is 3. The molecule has 0 aromatic carbocycles. The number of ether oxygens (including phenoxy) is 1. The number of methoxy groups -OCH3 is 1. The molecule has 0 heterocycles. The molecule has 0 atom stereocenters. The van der Waals surface area contributed by atoms with Gasteiger partial charge in [-0.05, 0) is 0 Å². The predicted octanol–water partition coefficient (Wildman–Crippen LogP) is 0.105. The first-order valence-electron chi connectivity index (χ1n) is 1.98. The van der Waals surface area contributed by atoms with Crippen LogP contribution in [0.3, 0.4) is 0 Å². The molecule has 8 heavy (non-hydrogen) atoms. The van der Waals surface area contributed by atoms with E-state index in [1.807, 2.05) is 0 Å². The summed E-state index contributed by atoms with van der Waals surface area (Å²) in [5.41, 5.74) is 0. The summed E-state index contributed by atoms with van der Waals surface area (Å²) in [5.74, 6) is -0.818. The molecule has 3 nitrogen and oxygen atoms in total. The van der Waals surface area contributed by atoms with Gasteiger partial charge in [0.1, 0.15) is 0 Å². The quantitative estimate of drug-likeness (QED) is 0.641. The molecule has 0 bridgehead atoms. The molecular formula is C4H8CoO3. The van der Waals surface area contributed by atoms with Crippen LogP contribution in [0.25, 0.3) is 0 Å². The molecule has 0 aromatic rings. The second-order valence-corrected chi connectivity index (χ2v) is 1.14. The summed E-state index contributed by atoms with van der Waals surface area (Å²) >= 11 is 0. The molecule has 1 N–H and O–H groups in total. The van der Waals surface area contributed by atoms with Crippen molar-refractivity contribution in [2.75, 3.05) is 13.7 Å². The Morgan fingerprint density at radius 3 is 2.38 bits per heavy atom. The van der Waals surface area contributed by atoms with Crippen LogP contribution < -0.4 is 0 Å². The third kappa shape index (κ3) is 9.34. The minimum Gasteiger partial charge on any atom is -0.481 e. The Morgan fingerprint density at radius 1 is 1.75 bits per heavy atom. The normalized spacial score (nSPS) is 7.62. The van der Waals surface area contributed by atoms with E-state index in [9.17, 15) is 4.79 Å². The Labute approximate surface area is 58.2 Å². The summed E-state index contributed by atoms with van der Waals surface area (Å²) in [6.07, 6.45) is 0.0938. The molecule has 0 amide bonds. The van der Waals surface area contributed by atoms with Crippen molar-refractivity contribution in [2.24, 2.45) is 0 Å². The number of carbonyl (C=O) groups is 1. The largest absolute Gasteiger partial charge is 0.481 e. The van der Waals surface area contributed by atoms with Crippen molar-refractivity contribution >= 4 is 5.97 Å².